The van der Waals surface area contributed by atoms with Crippen molar-refractivity contribution in [3.63, 3.8) is 0 Å². The van der Waals surface area contributed by atoms with Gasteiger partial charge in [0.15, 0.2) is 0 Å². The molecule has 1 fully saturated rings. The molecular weight excluding hydrogens is 450 g/mol. The summed E-state index contributed by atoms with van der Waals surface area (Å²) in [7, 11) is 0. The minimum absolute atomic E-state index is 0.109. The summed E-state index contributed by atoms with van der Waals surface area (Å²) >= 11 is 0. The third-order valence-corrected chi connectivity index (χ3v) is 6.16. The Kier molecular flexibility index (Phi) is 5.91. The summed E-state index contributed by atoms with van der Waals surface area (Å²) in [6.45, 7) is 3.17. The molecule has 0 aliphatic carbocycles. The van der Waals surface area contributed by atoms with Crippen LogP contribution in [0.1, 0.15) is 39.8 Å². The molecule has 11 heteroatoms. The van der Waals surface area contributed by atoms with E-state index >= 15 is 0 Å². The minimum atomic E-state index is -0.961. The molecule has 4 aromatic rings. The minimum Gasteiger partial charge on any atom is -0.465 e. The number of aryl methyl sites for hydroxylation is 2. The predicted molar refractivity (Wildman–Crippen MR) is 127 cm³/mol. The van der Waals surface area contributed by atoms with Crippen molar-refractivity contribution >= 4 is 23.3 Å². The first kappa shape index (κ1) is 22.5. The smallest absolute Gasteiger partial charge is 0.407 e. The Morgan fingerprint density at radius 1 is 1.26 bits per heavy atom. The second-order valence-electron chi connectivity index (χ2n) is 8.63. The molecule has 0 atom stereocenters. The van der Waals surface area contributed by atoms with Crippen molar-refractivity contribution in [3.05, 3.63) is 65.4 Å². The maximum Gasteiger partial charge on any atom is 0.407 e. The standard InChI is InChI=1S/C24H25N7O4/c1-14-4-6-16(21-28-23(35-29-21)17-12-30(13-17)24(33)34)9-18(14)27-22(32)19-10-26-20-7-5-15(3-2-8-25)11-31(19)20/h4-7,9-11,17H,2-3,8,12-13,25H2,1H3,(H,27,32)(H,33,34). The summed E-state index contributed by atoms with van der Waals surface area (Å²) in [5.74, 6) is 0.385. The van der Waals surface area contributed by atoms with Crippen LogP contribution >= 0.6 is 0 Å². The average Bonchev–Trinajstić information content (AvgIpc) is 3.45. The van der Waals surface area contributed by atoms with Crippen LogP contribution in [0.4, 0.5) is 10.5 Å². The molecule has 0 saturated carbocycles. The first-order chi connectivity index (χ1) is 16.9. The number of imidazole rings is 1. The Bertz CT molecular complexity index is 1400. The second kappa shape index (κ2) is 9.18. The van der Waals surface area contributed by atoms with Gasteiger partial charge in [0.05, 0.1) is 12.1 Å². The summed E-state index contributed by atoms with van der Waals surface area (Å²) in [5, 5.41) is 16.0. The number of carbonyl (C=O) groups is 2. The lowest BCUT2D eigenvalue weighted by Gasteiger charge is -2.34. The first-order valence-corrected chi connectivity index (χ1v) is 11.3. The number of likely N-dealkylation sites (tertiary alicyclic amines) is 1. The SMILES string of the molecule is Cc1ccc(-c2noc(C3CN(C(=O)O)C3)n2)cc1NC(=O)c1cnc2ccc(CCCN)cn12. The van der Waals surface area contributed by atoms with Crippen molar-refractivity contribution < 1.29 is 19.2 Å². The number of fused-ring (bicyclic) bond motifs is 1. The number of nitrogens with one attached hydrogen (secondary N) is 1. The fourth-order valence-electron chi connectivity index (χ4n) is 4.04. The van der Waals surface area contributed by atoms with Crippen molar-refractivity contribution in [2.75, 3.05) is 25.0 Å². The van der Waals surface area contributed by atoms with E-state index in [-0.39, 0.29) is 11.8 Å². The van der Waals surface area contributed by atoms with Crippen LogP contribution in [0.3, 0.4) is 0 Å². The summed E-state index contributed by atoms with van der Waals surface area (Å²) in [4.78, 5) is 34.2. The number of anilines is 1. The van der Waals surface area contributed by atoms with E-state index in [1.165, 1.54) is 4.90 Å². The van der Waals surface area contributed by atoms with E-state index in [0.29, 0.717) is 53.9 Å². The van der Waals surface area contributed by atoms with Gasteiger partial charge < -0.3 is 25.6 Å². The highest BCUT2D eigenvalue weighted by atomic mass is 16.5. The van der Waals surface area contributed by atoms with Crippen molar-refractivity contribution in [1.82, 2.24) is 24.4 Å². The summed E-state index contributed by atoms with van der Waals surface area (Å²) < 4.78 is 7.14. The third-order valence-electron chi connectivity index (χ3n) is 6.16. The number of hydrogen-bond acceptors (Lipinski definition) is 7. The third kappa shape index (κ3) is 4.45. The van der Waals surface area contributed by atoms with Gasteiger partial charge in [-0.2, -0.15) is 4.98 Å². The quantitative estimate of drug-likeness (QED) is 0.369. The highest BCUT2D eigenvalue weighted by Gasteiger charge is 2.35. The monoisotopic (exact) mass is 475 g/mol. The van der Waals surface area contributed by atoms with E-state index in [1.54, 1.807) is 16.7 Å². The fourth-order valence-corrected chi connectivity index (χ4v) is 4.04. The molecule has 11 nitrogen and oxygen atoms in total. The molecular formula is C24H25N7O4. The Hall–Kier alpha value is -4.25. The summed E-state index contributed by atoms with van der Waals surface area (Å²) in [6, 6.07) is 9.40. The van der Waals surface area contributed by atoms with Gasteiger partial charge in [-0.25, -0.2) is 9.78 Å². The number of rotatable bonds is 7. The molecule has 3 aromatic heterocycles. The first-order valence-electron chi connectivity index (χ1n) is 11.3. The van der Waals surface area contributed by atoms with Crippen LogP contribution in [-0.2, 0) is 6.42 Å². The molecule has 0 unspecified atom stereocenters. The van der Waals surface area contributed by atoms with E-state index in [9.17, 15) is 9.59 Å². The molecule has 1 aliphatic rings. The lowest BCUT2D eigenvalue weighted by Crippen LogP contribution is -2.47. The number of nitrogens with two attached hydrogens (primary N) is 1. The van der Waals surface area contributed by atoms with Gasteiger partial charge in [0.25, 0.3) is 5.91 Å². The van der Waals surface area contributed by atoms with Crippen molar-refractivity contribution in [2.45, 2.75) is 25.7 Å². The molecule has 0 spiro atoms. The molecule has 4 N–H and O–H groups in total. The number of pyridine rings is 1. The van der Waals surface area contributed by atoms with Gasteiger partial charge in [0.1, 0.15) is 11.3 Å². The zero-order valence-electron chi connectivity index (χ0n) is 19.1. The fraction of sp³-hybridized carbons (Fsp3) is 0.292. The zero-order chi connectivity index (χ0) is 24.5. The number of nitrogens with zero attached hydrogens (tertiary/aromatic N) is 5. The molecule has 4 heterocycles. The van der Waals surface area contributed by atoms with Gasteiger partial charge in [-0.1, -0.05) is 23.4 Å². The van der Waals surface area contributed by atoms with Gasteiger partial charge in [-0.3, -0.25) is 9.20 Å². The van der Waals surface area contributed by atoms with E-state index in [1.807, 2.05) is 37.4 Å². The van der Waals surface area contributed by atoms with Crippen LogP contribution in [-0.4, -0.2) is 61.2 Å². The number of hydrogen-bond donors (Lipinski definition) is 3. The molecule has 180 valence electrons. The Labute approximate surface area is 200 Å². The van der Waals surface area contributed by atoms with Crippen molar-refractivity contribution in [2.24, 2.45) is 5.73 Å². The maximum atomic E-state index is 13.1. The van der Waals surface area contributed by atoms with Crippen LogP contribution in [0.5, 0.6) is 0 Å². The van der Waals surface area contributed by atoms with Crippen LogP contribution in [0, 0.1) is 6.92 Å². The van der Waals surface area contributed by atoms with Gasteiger partial charge in [0.2, 0.25) is 11.7 Å². The summed E-state index contributed by atoms with van der Waals surface area (Å²) in [5.41, 5.74) is 9.99. The second-order valence-corrected chi connectivity index (χ2v) is 8.63. The van der Waals surface area contributed by atoms with Crippen LogP contribution in [0.25, 0.3) is 17.0 Å². The van der Waals surface area contributed by atoms with Gasteiger partial charge in [0, 0.05) is 30.5 Å². The van der Waals surface area contributed by atoms with E-state index in [0.717, 1.165) is 24.0 Å². The number of carbonyl (C=O) groups excluding carboxylic acids is 1. The Morgan fingerprint density at radius 3 is 2.86 bits per heavy atom. The number of amides is 2. The van der Waals surface area contributed by atoms with Crippen molar-refractivity contribution in [1.29, 1.82) is 0 Å². The molecule has 2 amide bonds. The summed E-state index contributed by atoms with van der Waals surface area (Å²) in [6.07, 6.45) is 4.21. The Balaban J connectivity index is 1.35. The molecule has 1 aromatic carbocycles. The molecule has 1 saturated heterocycles. The largest absolute Gasteiger partial charge is 0.465 e. The number of carboxylic acid groups (broad SMARTS) is 1. The van der Waals surface area contributed by atoms with E-state index < -0.39 is 6.09 Å². The number of benzene rings is 1. The molecule has 0 radical (unpaired) electrons. The van der Waals surface area contributed by atoms with Gasteiger partial charge >= 0.3 is 6.09 Å². The van der Waals surface area contributed by atoms with Crippen molar-refractivity contribution in [3.8, 4) is 11.4 Å². The molecule has 5 rings (SSSR count). The Morgan fingerprint density at radius 2 is 2.09 bits per heavy atom. The predicted octanol–water partition coefficient (Wildman–Crippen LogP) is 2.91. The van der Waals surface area contributed by atoms with Crippen LogP contribution in [0.15, 0.2) is 47.2 Å². The number of aromatic nitrogens is 4. The van der Waals surface area contributed by atoms with Gasteiger partial charge in [-0.15, -0.1) is 0 Å². The highest BCUT2D eigenvalue weighted by Crippen LogP contribution is 2.29. The van der Waals surface area contributed by atoms with E-state index in [2.05, 4.69) is 20.4 Å². The normalized spacial score (nSPS) is 13.7. The molecule has 35 heavy (non-hydrogen) atoms. The molecule has 1 aliphatic heterocycles. The highest BCUT2D eigenvalue weighted by molar-refractivity contribution is 6.04. The average molecular weight is 476 g/mol. The van der Waals surface area contributed by atoms with Gasteiger partial charge in [-0.05, 0) is 49.6 Å². The lowest BCUT2D eigenvalue weighted by atomic mass is 10.0. The molecule has 0 bridgehead atoms. The van der Waals surface area contributed by atoms with Crippen LogP contribution in [0.2, 0.25) is 0 Å². The maximum absolute atomic E-state index is 13.1. The lowest BCUT2D eigenvalue weighted by molar-refractivity contribution is 0.0958. The topological polar surface area (TPSA) is 152 Å². The van der Waals surface area contributed by atoms with E-state index in [4.69, 9.17) is 15.4 Å². The zero-order valence-corrected chi connectivity index (χ0v) is 19.1. The van der Waals surface area contributed by atoms with Crippen LogP contribution < -0.4 is 11.1 Å².